The number of rotatable bonds is 6. The van der Waals surface area contributed by atoms with E-state index in [1.54, 1.807) is 13.2 Å². The minimum absolute atomic E-state index is 0.154. The van der Waals surface area contributed by atoms with Gasteiger partial charge in [0.1, 0.15) is 5.75 Å². The third kappa shape index (κ3) is 4.09. The van der Waals surface area contributed by atoms with Crippen molar-refractivity contribution in [3.05, 3.63) is 66.7 Å². The van der Waals surface area contributed by atoms with Crippen LogP contribution in [0.3, 0.4) is 0 Å². The summed E-state index contributed by atoms with van der Waals surface area (Å²) in [7, 11) is 1.67. The van der Waals surface area contributed by atoms with Gasteiger partial charge in [-0.05, 0) is 35.2 Å². The molecule has 3 rings (SSSR count). The van der Waals surface area contributed by atoms with Crippen LogP contribution in [0.2, 0.25) is 0 Å². The van der Waals surface area contributed by atoms with Gasteiger partial charge in [-0.2, -0.15) is 0 Å². The largest absolute Gasteiger partial charge is 0.497 e. The van der Waals surface area contributed by atoms with Gasteiger partial charge in [0.05, 0.1) is 13.2 Å². The first kappa shape index (κ1) is 17.2. The van der Waals surface area contributed by atoms with Crippen LogP contribution in [0.15, 0.2) is 61.2 Å². The normalized spacial score (nSPS) is 17.4. The Labute approximate surface area is 149 Å². The first-order chi connectivity index (χ1) is 12.2. The van der Waals surface area contributed by atoms with Crippen molar-refractivity contribution in [2.24, 2.45) is 0 Å². The van der Waals surface area contributed by atoms with E-state index in [1.165, 1.54) is 0 Å². The third-order valence-electron chi connectivity index (χ3n) is 4.52. The molecule has 0 bridgehead atoms. The zero-order valence-corrected chi connectivity index (χ0v) is 14.6. The maximum Gasteiger partial charge on any atom is 0.240 e. The van der Waals surface area contributed by atoms with Crippen LogP contribution in [0.4, 0.5) is 0 Å². The lowest BCUT2D eigenvalue weighted by Gasteiger charge is -2.32. The summed E-state index contributed by atoms with van der Waals surface area (Å²) in [5, 5.41) is 3.34. The molecule has 4 heteroatoms. The molecule has 1 atom stereocenters. The molecule has 2 aromatic rings. The average molecular weight is 336 g/mol. The molecule has 0 spiro atoms. The first-order valence-electron chi connectivity index (χ1n) is 8.57. The van der Waals surface area contributed by atoms with Crippen molar-refractivity contribution in [2.75, 3.05) is 26.7 Å². The van der Waals surface area contributed by atoms with Gasteiger partial charge in [-0.3, -0.25) is 4.79 Å². The van der Waals surface area contributed by atoms with Gasteiger partial charge in [0.2, 0.25) is 5.91 Å². The molecular weight excluding hydrogens is 312 g/mol. The van der Waals surface area contributed by atoms with E-state index in [4.69, 9.17) is 4.74 Å². The monoisotopic (exact) mass is 336 g/mol. The van der Waals surface area contributed by atoms with E-state index < -0.39 is 0 Å². The van der Waals surface area contributed by atoms with E-state index in [1.807, 2.05) is 35.2 Å². The summed E-state index contributed by atoms with van der Waals surface area (Å²) in [4.78, 5) is 14.4. The van der Waals surface area contributed by atoms with E-state index in [2.05, 4.69) is 30.1 Å². The Morgan fingerprint density at radius 3 is 2.76 bits per heavy atom. The van der Waals surface area contributed by atoms with E-state index >= 15 is 0 Å². The molecule has 1 N–H and O–H groups in total. The van der Waals surface area contributed by atoms with E-state index in [-0.39, 0.29) is 11.9 Å². The van der Waals surface area contributed by atoms with E-state index in [9.17, 15) is 4.79 Å². The molecule has 0 radical (unpaired) electrons. The molecule has 25 heavy (non-hydrogen) atoms. The zero-order chi connectivity index (χ0) is 17.6. The van der Waals surface area contributed by atoms with Crippen LogP contribution in [0, 0.1) is 0 Å². The number of nitrogens with one attached hydrogen (secondary N) is 1. The number of carbonyl (C=O) groups is 1. The minimum atomic E-state index is -0.167. The van der Waals surface area contributed by atoms with Gasteiger partial charge in [-0.25, -0.2) is 0 Å². The number of benzene rings is 2. The molecule has 0 aromatic heterocycles. The molecule has 1 heterocycles. The fourth-order valence-electron chi connectivity index (χ4n) is 3.19. The summed E-state index contributed by atoms with van der Waals surface area (Å²) >= 11 is 0. The molecular formula is C21H24N2O2. The number of carbonyl (C=O) groups excluding carboxylic acids is 1. The topological polar surface area (TPSA) is 41.6 Å². The number of ether oxygens (including phenoxy) is 1. The summed E-state index contributed by atoms with van der Waals surface area (Å²) in [5.41, 5.74) is 3.44. The molecule has 0 unspecified atom stereocenters. The van der Waals surface area contributed by atoms with Crippen LogP contribution in [-0.2, 0) is 11.2 Å². The second-order valence-electron chi connectivity index (χ2n) is 6.21. The van der Waals surface area contributed by atoms with Crippen molar-refractivity contribution < 1.29 is 9.53 Å². The summed E-state index contributed by atoms with van der Waals surface area (Å²) in [6.45, 7) is 5.91. The van der Waals surface area contributed by atoms with Crippen molar-refractivity contribution in [2.45, 2.75) is 12.5 Å². The lowest BCUT2D eigenvalue weighted by Crippen LogP contribution is -2.55. The number of nitrogens with zero attached hydrogens (tertiary/aromatic N) is 1. The SMILES string of the molecule is C=CCN1CCN[C@@H](Cc2cccc(-c3ccc(OC)cc3)c2)C1=O. The molecule has 2 aromatic carbocycles. The second-order valence-corrected chi connectivity index (χ2v) is 6.21. The van der Waals surface area contributed by atoms with Crippen molar-refractivity contribution in [1.82, 2.24) is 10.2 Å². The summed E-state index contributed by atoms with van der Waals surface area (Å²) < 4.78 is 5.21. The van der Waals surface area contributed by atoms with Crippen LogP contribution in [0.1, 0.15) is 5.56 Å². The predicted octanol–water partition coefficient (Wildman–Crippen LogP) is 2.89. The quantitative estimate of drug-likeness (QED) is 0.825. The Bertz CT molecular complexity index is 740. The highest BCUT2D eigenvalue weighted by Gasteiger charge is 2.27. The molecule has 1 fully saturated rings. The Kier molecular flexibility index (Phi) is 5.51. The summed E-state index contributed by atoms with van der Waals surface area (Å²) in [6.07, 6.45) is 2.47. The number of methoxy groups -OCH3 is 1. The Hall–Kier alpha value is -2.59. The number of piperazine rings is 1. The molecule has 1 aliphatic heterocycles. The molecule has 130 valence electrons. The third-order valence-corrected chi connectivity index (χ3v) is 4.52. The van der Waals surface area contributed by atoms with Crippen molar-refractivity contribution in [1.29, 1.82) is 0 Å². The van der Waals surface area contributed by atoms with Crippen LogP contribution in [0.25, 0.3) is 11.1 Å². The van der Waals surface area contributed by atoms with Crippen molar-refractivity contribution in [3.63, 3.8) is 0 Å². The van der Waals surface area contributed by atoms with E-state index in [0.717, 1.165) is 35.5 Å². The minimum Gasteiger partial charge on any atom is -0.497 e. The van der Waals surface area contributed by atoms with Gasteiger partial charge >= 0.3 is 0 Å². The molecule has 1 saturated heterocycles. The lowest BCUT2D eigenvalue weighted by atomic mass is 9.98. The van der Waals surface area contributed by atoms with Crippen LogP contribution in [-0.4, -0.2) is 43.6 Å². The summed E-state index contributed by atoms with van der Waals surface area (Å²) in [6, 6.07) is 16.2. The Morgan fingerprint density at radius 1 is 1.24 bits per heavy atom. The molecule has 1 aliphatic rings. The van der Waals surface area contributed by atoms with Gasteiger partial charge in [0.25, 0.3) is 0 Å². The van der Waals surface area contributed by atoms with Gasteiger partial charge in [-0.15, -0.1) is 6.58 Å². The fourth-order valence-corrected chi connectivity index (χ4v) is 3.19. The Balaban J connectivity index is 1.75. The molecule has 0 saturated carbocycles. The lowest BCUT2D eigenvalue weighted by molar-refractivity contribution is -0.135. The van der Waals surface area contributed by atoms with Gasteiger partial charge < -0.3 is 15.0 Å². The maximum atomic E-state index is 12.5. The zero-order valence-electron chi connectivity index (χ0n) is 14.6. The predicted molar refractivity (Wildman–Crippen MR) is 101 cm³/mol. The maximum absolute atomic E-state index is 12.5. The standard InChI is InChI=1S/C21H24N2O2/c1-3-12-23-13-11-22-20(21(23)24)15-16-5-4-6-18(14-16)17-7-9-19(25-2)10-8-17/h3-10,14,20,22H,1,11-13,15H2,2H3/t20-/m0/s1. The van der Waals surface area contributed by atoms with Crippen LogP contribution < -0.4 is 10.1 Å². The number of hydrogen-bond acceptors (Lipinski definition) is 3. The highest BCUT2D eigenvalue weighted by molar-refractivity contribution is 5.83. The number of amides is 1. The first-order valence-corrected chi connectivity index (χ1v) is 8.57. The van der Waals surface area contributed by atoms with Gasteiger partial charge in [0, 0.05) is 19.6 Å². The van der Waals surface area contributed by atoms with Crippen LogP contribution >= 0.6 is 0 Å². The van der Waals surface area contributed by atoms with Crippen LogP contribution in [0.5, 0.6) is 5.75 Å². The van der Waals surface area contributed by atoms with Crippen molar-refractivity contribution >= 4 is 5.91 Å². The summed E-state index contributed by atoms with van der Waals surface area (Å²) in [5.74, 6) is 1.00. The van der Waals surface area contributed by atoms with Gasteiger partial charge in [-0.1, -0.05) is 42.5 Å². The van der Waals surface area contributed by atoms with E-state index in [0.29, 0.717) is 13.0 Å². The Morgan fingerprint density at radius 2 is 2.04 bits per heavy atom. The second kappa shape index (κ2) is 7.99. The molecule has 0 aliphatic carbocycles. The molecule has 4 nitrogen and oxygen atoms in total. The smallest absolute Gasteiger partial charge is 0.240 e. The van der Waals surface area contributed by atoms with Crippen molar-refractivity contribution in [3.8, 4) is 16.9 Å². The molecule has 1 amide bonds. The highest BCUT2D eigenvalue weighted by atomic mass is 16.5. The average Bonchev–Trinajstić information content (AvgIpc) is 2.65. The highest BCUT2D eigenvalue weighted by Crippen LogP contribution is 2.24. The van der Waals surface area contributed by atoms with Gasteiger partial charge in [0.15, 0.2) is 0 Å². The fraction of sp³-hybridized carbons (Fsp3) is 0.286. The number of hydrogen-bond donors (Lipinski definition) is 1.